The number of rotatable bonds is 4. The Morgan fingerprint density at radius 2 is 1.77 bits per heavy atom. The Morgan fingerprint density at radius 3 is 2.35 bits per heavy atom. The largest absolute Gasteiger partial charge is 0.347 e. The molecule has 0 bridgehead atoms. The summed E-state index contributed by atoms with van der Waals surface area (Å²) in [7, 11) is 0. The number of carbonyl (C=O) groups excluding carboxylic acids is 1. The van der Waals surface area contributed by atoms with Gasteiger partial charge >= 0.3 is 5.69 Å². The standard InChI is InChI=1S/C19H22N4O3/c1-14(2)15-5-7-16(8-6-15)19(24)22-12-10-21(11-13-22)18-17(23(25)26)4-3-9-20-18/h3-9,14H,10-13H2,1-2H3. The van der Waals surface area contributed by atoms with Crippen molar-refractivity contribution in [3.8, 4) is 0 Å². The topological polar surface area (TPSA) is 79.6 Å². The van der Waals surface area contributed by atoms with E-state index < -0.39 is 4.92 Å². The number of hydrogen-bond donors (Lipinski definition) is 0. The van der Waals surface area contributed by atoms with Crippen LogP contribution in [0.25, 0.3) is 0 Å². The molecule has 0 radical (unpaired) electrons. The third-order valence-electron chi connectivity index (χ3n) is 4.65. The minimum atomic E-state index is -0.420. The molecule has 2 heterocycles. The van der Waals surface area contributed by atoms with E-state index in [9.17, 15) is 14.9 Å². The molecule has 26 heavy (non-hydrogen) atoms. The number of amides is 1. The lowest BCUT2D eigenvalue weighted by atomic mass is 10.0. The van der Waals surface area contributed by atoms with Gasteiger partial charge in [0, 0.05) is 44.0 Å². The van der Waals surface area contributed by atoms with Gasteiger partial charge in [0.2, 0.25) is 5.82 Å². The normalized spacial score (nSPS) is 14.6. The SMILES string of the molecule is CC(C)c1ccc(C(=O)N2CCN(c3ncccc3[N+](=O)[O-])CC2)cc1. The zero-order valence-electron chi connectivity index (χ0n) is 15.0. The van der Waals surface area contributed by atoms with E-state index in [0.717, 1.165) is 0 Å². The Morgan fingerprint density at radius 1 is 1.12 bits per heavy atom. The number of benzene rings is 1. The number of nitrogens with zero attached hydrogens (tertiary/aromatic N) is 4. The van der Waals surface area contributed by atoms with Gasteiger partial charge in [-0.15, -0.1) is 0 Å². The van der Waals surface area contributed by atoms with Crippen LogP contribution in [0.2, 0.25) is 0 Å². The van der Waals surface area contributed by atoms with Crippen LogP contribution in [0, 0.1) is 10.1 Å². The Hall–Kier alpha value is -2.96. The molecule has 7 heteroatoms. The summed E-state index contributed by atoms with van der Waals surface area (Å²) in [5.74, 6) is 0.790. The van der Waals surface area contributed by atoms with Crippen LogP contribution in [-0.4, -0.2) is 46.9 Å². The van der Waals surface area contributed by atoms with Gasteiger partial charge in [-0.25, -0.2) is 4.98 Å². The molecule has 0 unspecified atom stereocenters. The van der Waals surface area contributed by atoms with Crippen molar-refractivity contribution in [2.75, 3.05) is 31.1 Å². The first-order chi connectivity index (χ1) is 12.5. The number of piperazine rings is 1. The van der Waals surface area contributed by atoms with Crippen LogP contribution in [0.1, 0.15) is 35.7 Å². The molecule has 1 aromatic heterocycles. The van der Waals surface area contributed by atoms with Gasteiger partial charge in [-0.05, 0) is 29.7 Å². The highest BCUT2D eigenvalue weighted by atomic mass is 16.6. The molecule has 3 rings (SSSR count). The number of aromatic nitrogens is 1. The number of nitro groups is 1. The molecule has 0 saturated carbocycles. The lowest BCUT2D eigenvalue weighted by Crippen LogP contribution is -2.49. The lowest BCUT2D eigenvalue weighted by molar-refractivity contribution is -0.384. The van der Waals surface area contributed by atoms with Gasteiger partial charge in [0.1, 0.15) is 0 Å². The first-order valence-electron chi connectivity index (χ1n) is 8.71. The Labute approximate surface area is 152 Å². The van der Waals surface area contributed by atoms with Crippen molar-refractivity contribution in [2.45, 2.75) is 19.8 Å². The maximum atomic E-state index is 12.7. The fourth-order valence-corrected chi connectivity index (χ4v) is 3.09. The van der Waals surface area contributed by atoms with Gasteiger partial charge in [0.25, 0.3) is 5.91 Å². The van der Waals surface area contributed by atoms with Gasteiger partial charge in [-0.3, -0.25) is 14.9 Å². The molecule has 1 fully saturated rings. The van der Waals surface area contributed by atoms with Crippen LogP contribution in [-0.2, 0) is 0 Å². The van der Waals surface area contributed by atoms with E-state index in [1.165, 1.54) is 11.6 Å². The van der Waals surface area contributed by atoms with Gasteiger partial charge in [0.05, 0.1) is 4.92 Å². The number of pyridine rings is 1. The first-order valence-corrected chi connectivity index (χ1v) is 8.71. The molecule has 136 valence electrons. The molecule has 1 amide bonds. The van der Waals surface area contributed by atoms with Crippen molar-refractivity contribution in [3.05, 3.63) is 63.8 Å². The van der Waals surface area contributed by atoms with Crippen molar-refractivity contribution in [1.82, 2.24) is 9.88 Å². The van der Waals surface area contributed by atoms with Crippen molar-refractivity contribution in [3.63, 3.8) is 0 Å². The van der Waals surface area contributed by atoms with Crippen LogP contribution in [0.4, 0.5) is 11.5 Å². The third kappa shape index (κ3) is 3.66. The summed E-state index contributed by atoms with van der Waals surface area (Å²) < 4.78 is 0. The molecular formula is C19H22N4O3. The molecule has 0 aliphatic carbocycles. The molecule has 0 spiro atoms. The van der Waals surface area contributed by atoms with Gasteiger partial charge in [-0.1, -0.05) is 26.0 Å². The van der Waals surface area contributed by atoms with E-state index in [4.69, 9.17) is 0 Å². The van der Waals surface area contributed by atoms with E-state index in [0.29, 0.717) is 43.5 Å². The molecule has 1 saturated heterocycles. The van der Waals surface area contributed by atoms with E-state index in [1.807, 2.05) is 29.2 Å². The summed E-state index contributed by atoms with van der Waals surface area (Å²) in [5.41, 5.74) is 1.87. The molecule has 0 atom stereocenters. The summed E-state index contributed by atoms with van der Waals surface area (Å²) in [6, 6.07) is 10.7. The van der Waals surface area contributed by atoms with Gasteiger partial charge in [-0.2, -0.15) is 0 Å². The highest BCUT2D eigenvalue weighted by Gasteiger charge is 2.27. The summed E-state index contributed by atoms with van der Waals surface area (Å²) in [5, 5.41) is 11.2. The van der Waals surface area contributed by atoms with Crippen LogP contribution < -0.4 is 4.90 Å². The average Bonchev–Trinajstić information content (AvgIpc) is 2.67. The Balaban J connectivity index is 1.67. The van der Waals surface area contributed by atoms with Crippen molar-refractivity contribution in [1.29, 1.82) is 0 Å². The van der Waals surface area contributed by atoms with Crippen LogP contribution >= 0.6 is 0 Å². The van der Waals surface area contributed by atoms with Crippen molar-refractivity contribution < 1.29 is 9.72 Å². The zero-order valence-corrected chi connectivity index (χ0v) is 15.0. The second-order valence-corrected chi connectivity index (χ2v) is 6.66. The Kier molecular flexibility index (Phi) is 5.16. The summed E-state index contributed by atoms with van der Waals surface area (Å²) in [6.45, 7) is 6.30. The summed E-state index contributed by atoms with van der Waals surface area (Å²) in [4.78, 5) is 31.2. The van der Waals surface area contributed by atoms with Crippen LogP contribution in [0.15, 0.2) is 42.6 Å². The minimum Gasteiger partial charge on any atom is -0.347 e. The fourth-order valence-electron chi connectivity index (χ4n) is 3.09. The first kappa shape index (κ1) is 17.8. The third-order valence-corrected chi connectivity index (χ3v) is 4.65. The average molecular weight is 354 g/mol. The molecule has 1 aliphatic heterocycles. The molecule has 1 aliphatic rings. The Bertz CT molecular complexity index is 797. The predicted octanol–water partition coefficient (Wildman–Crippen LogP) is 3.08. The number of hydrogen-bond acceptors (Lipinski definition) is 5. The summed E-state index contributed by atoms with van der Waals surface area (Å²) in [6.07, 6.45) is 1.55. The smallest absolute Gasteiger partial charge is 0.311 e. The quantitative estimate of drug-likeness (QED) is 0.623. The van der Waals surface area contributed by atoms with Crippen LogP contribution in [0.3, 0.4) is 0 Å². The molecule has 2 aromatic rings. The summed E-state index contributed by atoms with van der Waals surface area (Å²) >= 11 is 0. The van der Waals surface area contributed by atoms with Crippen LogP contribution in [0.5, 0.6) is 0 Å². The van der Waals surface area contributed by atoms with Gasteiger partial charge in [0.15, 0.2) is 0 Å². The molecule has 0 N–H and O–H groups in total. The van der Waals surface area contributed by atoms with E-state index in [-0.39, 0.29) is 11.6 Å². The number of anilines is 1. The second-order valence-electron chi connectivity index (χ2n) is 6.66. The molecular weight excluding hydrogens is 332 g/mol. The van der Waals surface area contributed by atoms with Gasteiger partial charge < -0.3 is 9.80 Å². The predicted molar refractivity (Wildman–Crippen MR) is 99.5 cm³/mol. The molecule has 7 nitrogen and oxygen atoms in total. The van der Waals surface area contributed by atoms with E-state index in [1.54, 1.807) is 17.2 Å². The van der Waals surface area contributed by atoms with E-state index in [2.05, 4.69) is 18.8 Å². The zero-order chi connectivity index (χ0) is 18.7. The van der Waals surface area contributed by atoms with E-state index >= 15 is 0 Å². The molecule has 1 aromatic carbocycles. The minimum absolute atomic E-state index is 0.00319. The second kappa shape index (κ2) is 7.51. The maximum absolute atomic E-state index is 12.7. The number of carbonyl (C=O) groups is 1. The highest BCUT2D eigenvalue weighted by Crippen LogP contribution is 2.26. The van der Waals surface area contributed by atoms with Crippen molar-refractivity contribution in [2.24, 2.45) is 0 Å². The monoisotopic (exact) mass is 354 g/mol. The van der Waals surface area contributed by atoms with Crippen molar-refractivity contribution >= 4 is 17.4 Å². The fraction of sp³-hybridized carbons (Fsp3) is 0.368. The maximum Gasteiger partial charge on any atom is 0.311 e. The lowest BCUT2D eigenvalue weighted by Gasteiger charge is -2.35. The highest BCUT2D eigenvalue weighted by molar-refractivity contribution is 5.94.